The highest BCUT2D eigenvalue weighted by atomic mass is 32.1. The van der Waals surface area contributed by atoms with Crippen molar-refractivity contribution in [1.29, 1.82) is 0 Å². The van der Waals surface area contributed by atoms with Gasteiger partial charge in [-0.3, -0.25) is 4.98 Å². The highest BCUT2D eigenvalue weighted by Crippen LogP contribution is 2.28. The standard InChI is InChI=1S/C20H21N7O2S/c1-2-8-21-14(5-1)12-27(13-15-6-3-9-28-15)20-19(22-11-16-7-4-10-30-16)23-17-18(24-20)26-29-25-17/h1-2,4-5,7-8,10,15H,3,6,9,11-13H2,(H,22,23,25). The van der Waals surface area contributed by atoms with E-state index in [0.717, 1.165) is 25.1 Å². The number of nitrogens with one attached hydrogen (secondary N) is 1. The fraction of sp³-hybridized carbons (Fsp3) is 0.350. The van der Waals surface area contributed by atoms with Crippen molar-refractivity contribution in [2.24, 2.45) is 0 Å². The van der Waals surface area contributed by atoms with Crippen LogP contribution in [0.2, 0.25) is 0 Å². The number of hydrogen-bond donors (Lipinski definition) is 1. The van der Waals surface area contributed by atoms with Gasteiger partial charge in [0.1, 0.15) is 0 Å². The Morgan fingerprint density at radius 3 is 2.83 bits per heavy atom. The number of rotatable bonds is 8. The Balaban J connectivity index is 1.49. The molecule has 0 radical (unpaired) electrons. The quantitative estimate of drug-likeness (QED) is 0.457. The third kappa shape index (κ3) is 4.24. The first-order valence-corrected chi connectivity index (χ1v) is 10.8. The van der Waals surface area contributed by atoms with Crippen molar-refractivity contribution in [3.63, 3.8) is 0 Å². The Bertz CT molecular complexity index is 1080. The lowest BCUT2D eigenvalue weighted by atomic mass is 10.2. The van der Waals surface area contributed by atoms with Crippen molar-refractivity contribution in [3.8, 4) is 0 Å². The van der Waals surface area contributed by atoms with Gasteiger partial charge in [-0.15, -0.1) is 11.3 Å². The van der Waals surface area contributed by atoms with Gasteiger partial charge in [-0.2, -0.15) is 0 Å². The van der Waals surface area contributed by atoms with E-state index in [9.17, 15) is 0 Å². The van der Waals surface area contributed by atoms with Crippen molar-refractivity contribution < 1.29 is 9.37 Å². The van der Waals surface area contributed by atoms with E-state index in [4.69, 9.17) is 14.3 Å². The zero-order chi connectivity index (χ0) is 20.2. The maximum atomic E-state index is 5.90. The lowest BCUT2D eigenvalue weighted by Crippen LogP contribution is -2.33. The SMILES string of the molecule is c1ccc(CN(CC2CCCO2)c2nc3nonc3nc2NCc2cccs2)nc1. The number of hydrogen-bond acceptors (Lipinski definition) is 10. The van der Waals surface area contributed by atoms with Crippen LogP contribution in [-0.4, -0.2) is 44.5 Å². The predicted octanol–water partition coefficient (Wildman–Crippen LogP) is 3.27. The number of fused-ring (bicyclic) bond motifs is 1. The predicted molar refractivity (Wildman–Crippen MR) is 113 cm³/mol. The molecule has 1 unspecified atom stereocenters. The van der Waals surface area contributed by atoms with Crippen molar-refractivity contribution in [3.05, 3.63) is 52.5 Å². The van der Waals surface area contributed by atoms with Crippen molar-refractivity contribution in [2.45, 2.75) is 32.0 Å². The Morgan fingerprint density at radius 2 is 2.07 bits per heavy atom. The first-order valence-electron chi connectivity index (χ1n) is 9.88. The maximum Gasteiger partial charge on any atom is 0.245 e. The molecule has 0 amide bonds. The van der Waals surface area contributed by atoms with Gasteiger partial charge in [-0.05, 0) is 46.7 Å². The second kappa shape index (κ2) is 8.72. The molecule has 5 heterocycles. The van der Waals surface area contributed by atoms with Crippen LogP contribution < -0.4 is 10.2 Å². The van der Waals surface area contributed by atoms with E-state index in [0.29, 0.717) is 42.6 Å². The van der Waals surface area contributed by atoms with Crippen LogP contribution >= 0.6 is 11.3 Å². The Hall–Kier alpha value is -3.11. The molecule has 4 aromatic rings. The minimum atomic E-state index is 0.145. The van der Waals surface area contributed by atoms with Gasteiger partial charge < -0.3 is 15.0 Å². The van der Waals surface area contributed by atoms with Crippen molar-refractivity contribution >= 4 is 34.3 Å². The molecule has 9 nitrogen and oxygen atoms in total. The fourth-order valence-electron chi connectivity index (χ4n) is 3.50. The van der Waals surface area contributed by atoms with Crippen molar-refractivity contribution in [2.75, 3.05) is 23.4 Å². The third-order valence-electron chi connectivity index (χ3n) is 4.93. The molecule has 1 N–H and O–H groups in total. The van der Waals surface area contributed by atoms with Gasteiger partial charge in [-0.1, -0.05) is 12.1 Å². The molecule has 0 bridgehead atoms. The molecular weight excluding hydrogens is 402 g/mol. The largest absolute Gasteiger partial charge is 0.376 e. The summed E-state index contributed by atoms with van der Waals surface area (Å²) in [5.41, 5.74) is 1.70. The van der Waals surface area contributed by atoms with Gasteiger partial charge in [0, 0.05) is 24.2 Å². The maximum absolute atomic E-state index is 5.90. The summed E-state index contributed by atoms with van der Waals surface area (Å²) in [6.45, 7) is 2.71. The van der Waals surface area contributed by atoms with Crippen LogP contribution in [0.15, 0.2) is 46.5 Å². The highest BCUT2D eigenvalue weighted by molar-refractivity contribution is 7.09. The van der Waals surface area contributed by atoms with E-state index < -0.39 is 0 Å². The molecule has 1 saturated heterocycles. The number of aromatic nitrogens is 5. The second-order valence-corrected chi connectivity index (χ2v) is 8.11. The van der Waals surface area contributed by atoms with Gasteiger partial charge in [0.15, 0.2) is 11.6 Å². The molecule has 1 atom stereocenters. The summed E-state index contributed by atoms with van der Waals surface area (Å²) >= 11 is 1.69. The first-order chi connectivity index (χ1) is 14.8. The van der Waals surface area contributed by atoms with E-state index in [2.05, 4.69) is 41.9 Å². The van der Waals surface area contributed by atoms with Crippen LogP contribution in [-0.2, 0) is 17.8 Å². The Morgan fingerprint density at radius 1 is 1.13 bits per heavy atom. The lowest BCUT2D eigenvalue weighted by Gasteiger charge is -2.27. The van der Waals surface area contributed by atoms with Crippen LogP contribution in [0.25, 0.3) is 11.3 Å². The Labute approximate surface area is 177 Å². The van der Waals surface area contributed by atoms with E-state index in [1.165, 1.54) is 4.88 Å². The van der Waals surface area contributed by atoms with E-state index >= 15 is 0 Å². The molecule has 1 fully saturated rings. The lowest BCUT2D eigenvalue weighted by molar-refractivity contribution is 0.115. The summed E-state index contributed by atoms with van der Waals surface area (Å²) in [4.78, 5) is 17.2. The topological polar surface area (TPSA) is 102 Å². The minimum Gasteiger partial charge on any atom is -0.376 e. The molecule has 1 aliphatic rings. The summed E-state index contributed by atoms with van der Waals surface area (Å²) in [5, 5.41) is 13.2. The van der Waals surface area contributed by atoms with Gasteiger partial charge in [0.2, 0.25) is 11.3 Å². The average molecular weight is 424 g/mol. The number of ether oxygens (including phenoxy) is 1. The van der Waals surface area contributed by atoms with Gasteiger partial charge in [-0.25, -0.2) is 14.6 Å². The van der Waals surface area contributed by atoms with Gasteiger partial charge in [0.25, 0.3) is 0 Å². The van der Waals surface area contributed by atoms with Crippen LogP contribution in [0, 0.1) is 0 Å². The molecule has 0 saturated carbocycles. The second-order valence-electron chi connectivity index (χ2n) is 7.08. The van der Waals surface area contributed by atoms with E-state index in [-0.39, 0.29) is 6.10 Å². The van der Waals surface area contributed by atoms with Crippen molar-refractivity contribution in [1.82, 2.24) is 25.3 Å². The fourth-order valence-corrected chi connectivity index (χ4v) is 4.14. The smallest absolute Gasteiger partial charge is 0.245 e. The normalized spacial score (nSPS) is 16.2. The molecule has 1 aliphatic heterocycles. The minimum absolute atomic E-state index is 0.145. The molecule has 5 rings (SSSR count). The average Bonchev–Trinajstić information content (AvgIpc) is 3.54. The number of nitrogens with zero attached hydrogens (tertiary/aromatic N) is 6. The summed E-state index contributed by atoms with van der Waals surface area (Å²) in [7, 11) is 0. The van der Waals surface area contributed by atoms with E-state index in [1.807, 2.05) is 24.3 Å². The highest BCUT2D eigenvalue weighted by Gasteiger charge is 2.24. The Kier molecular flexibility index (Phi) is 5.49. The molecule has 154 valence electrons. The molecule has 4 aromatic heterocycles. The van der Waals surface area contributed by atoms with Crippen LogP contribution in [0.5, 0.6) is 0 Å². The molecule has 30 heavy (non-hydrogen) atoms. The number of thiophene rings is 1. The van der Waals surface area contributed by atoms with Gasteiger partial charge >= 0.3 is 0 Å². The zero-order valence-corrected chi connectivity index (χ0v) is 17.1. The number of pyridine rings is 1. The summed E-state index contributed by atoms with van der Waals surface area (Å²) in [6, 6.07) is 10.0. The molecule has 0 spiro atoms. The van der Waals surface area contributed by atoms with Crippen LogP contribution in [0.1, 0.15) is 23.4 Å². The first kappa shape index (κ1) is 18.9. The van der Waals surface area contributed by atoms with Crippen LogP contribution in [0.4, 0.5) is 11.6 Å². The van der Waals surface area contributed by atoms with Crippen LogP contribution in [0.3, 0.4) is 0 Å². The molecule has 0 aliphatic carbocycles. The van der Waals surface area contributed by atoms with E-state index in [1.54, 1.807) is 17.5 Å². The number of anilines is 2. The summed E-state index contributed by atoms with van der Waals surface area (Å²) in [5.74, 6) is 1.33. The monoisotopic (exact) mass is 423 g/mol. The summed E-state index contributed by atoms with van der Waals surface area (Å²) in [6.07, 6.45) is 4.04. The molecular formula is C20H21N7O2S. The summed E-state index contributed by atoms with van der Waals surface area (Å²) < 4.78 is 10.7. The molecule has 10 heteroatoms. The van der Waals surface area contributed by atoms with Gasteiger partial charge in [0.05, 0.1) is 24.9 Å². The molecule has 0 aromatic carbocycles. The zero-order valence-electron chi connectivity index (χ0n) is 16.3. The third-order valence-corrected chi connectivity index (χ3v) is 5.81.